The Morgan fingerprint density at radius 3 is 2.15 bits per heavy atom. The van der Waals surface area contributed by atoms with Crippen molar-refractivity contribution in [2.75, 3.05) is 6.61 Å². The molecule has 26 heavy (non-hydrogen) atoms. The van der Waals surface area contributed by atoms with Crippen LogP contribution in [0.3, 0.4) is 0 Å². The van der Waals surface area contributed by atoms with Crippen molar-refractivity contribution < 1.29 is 9.16 Å². The van der Waals surface area contributed by atoms with Crippen molar-refractivity contribution in [2.24, 2.45) is 0 Å². The van der Waals surface area contributed by atoms with Crippen LogP contribution in [-0.2, 0) is 9.16 Å². The first-order valence-corrected chi connectivity index (χ1v) is 13.3. The first-order valence-electron chi connectivity index (χ1n) is 11.1. The van der Waals surface area contributed by atoms with Crippen molar-refractivity contribution in [1.29, 1.82) is 0 Å². The third-order valence-electron chi connectivity index (χ3n) is 5.99. The van der Waals surface area contributed by atoms with Crippen LogP contribution in [0.15, 0.2) is 0 Å². The summed E-state index contributed by atoms with van der Waals surface area (Å²) >= 11 is 0. The van der Waals surface area contributed by atoms with Crippen molar-refractivity contribution in [3.63, 3.8) is 0 Å². The fourth-order valence-corrected chi connectivity index (χ4v) is 10.1. The van der Waals surface area contributed by atoms with Gasteiger partial charge in [-0.1, -0.05) is 79.6 Å². The SMILES string of the molecule is CCCCCCC(C#CCC1CCCO1)O[Si](C(C)C)(C(C)C)C(C)C. The summed E-state index contributed by atoms with van der Waals surface area (Å²) in [5.74, 6) is 6.96. The van der Waals surface area contributed by atoms with Crippen molar-refractivity contribution in [3.05, 3.63) is 0 Å². The Kier molecular flexibility index (Phi) is 11.2. The number of unbranched alkanes of at least 4 members (excludes halogenated alkanes) is 3. The minimum Gasteiger partial charge on any atom is -0.402 e. The van der Waals surface area contributed by atoms with Gasteiger partial charge in [-0.3, -0.25) is 0 Å². The van der Waals surface area contributed by atoms with E-state index in [0.29, 0.717) is 22.7 Å². The Balaban J connectivity index is 2.84. The van der Waals surface area contributed by atoms with E-state index < -0.39 is 8.32 Å². The molecule has 0 amide bonds. The fourth-order valence-electron chi connectivity index (χ4n) is 4.66. The van der Waals surface area contributed by atoms with Crippen LogP contribution in [0.25, 0.3) is 0 Å². The van der Waals surface area contributed by atoms with Crippen molar-refractivity contribution in [3.8, 4) is 11.8 Å². The number of ether oxygens (including phenoxy) is 1. The van der Waals surface area contributed by atoms with Gasteiger partial charge in [0.2, 0.25) is 8.32 Å². The van der Waals surface area contributed by atoms with Gasteiger partial charge in [-0.15, -0.1) is 0 Å². The molecule has 0 aromatic rings. The first-order chi connectivity index (χ1) is 12.3. The van der Waals surface area contributed by atoms with Gasteiger partial charge in [0, 0.05) is 13.0 Å². The van der Waals surface area contributed by atoms with Crippen LogP contribution in [0.4, 0.5) is 0 Å². The van der Waals surface area contributed by atoms with Crippen LogP contribution in [-0.4, -0.2) is 27.1 Å². The molecule has 3 heteroatoms. The topological polar surface area (TPSA) is 18.5 Å². The van der Waals surface area contributed by atoms with E-state index in [1.54, 1.807) is 0 Å². The van der Waals surface area contributed by atoms with Crippen LogP contribution in [0.5, 0.6) is 0 Å². The fraction of sp³-hybridized carbons (Fsp3) is 0.913. The summed E-state index contributed by atoms with van der Waals surface area (Å²) in [6.45, 7) is 17.3. The Morgan fingerprint density at radius 2 is 1.65 bits per heavy atom. The smallest absolute Gasteiger partial charge is 0.202 e. The third kappa shape index (κ3) is 7.02. The lowest BCUT2D eigenvalue weighted by molar-refractivity contribution is 0.115. The molecule has 0 saturated carbocycles. The van der Waals surface area contributed by atoms with Gasteiger partial charge < -0.3 is 9.16 Å². The lowest BCUT2D eigenvalue weighted by Gasteiger charge is -2.43. The highest BCUT2D eigenvalue weighted by Crippen LogP contribution is 2.43. The summed E-state index contributed by atoms with van der Waals surface area (Å²) < 4.78 is 12.7. The summed E-state index contributed by atoms with van der Waals surface area (Å²) in [4.78, 5) is 0. The van der Waals surface area contributed by atoms with Crippen LogP contribution in [0.1, 0.15) is 99.8 Å². The molecule has 1 aliphatic heterocycles. The molecule has 152 valence electrons. The summed E-state index contributed by atoms with van der Waals surface area (Å²) in [5.41, 5.74) is 1.84. The van der Waals surface area contributed by atoms with E-state index in [2.05, 4.69) is 60.3 Å². The maximum Gasteiger partial charge on any atom is 0.202 e. The maximum atomic E-state index is 6.99. The molecule has 2 atom stereocenters. The van der Waals surface area contributed by atoms with E-state index in [9.17, 15) is 0 Å². The van der Waals surface area contributed by atoms with Crippen molar-refractivity contribution >= 4 is 8.32 Å². The average Bonchev–Trinajstić information content (AvgIpc) is 3.08. The highest BCUT2D eigenvalue weighted by molar-refractivity contribution is 6.77. The van der Waals surface area contributed by atoms with Crippen LogP contribution in [0.2, 0.25) is 16.6 Å². The molecule has 0 aliphatic carbocycles. The Hall–Kier alpha value is -0.303. The predicted octanol–water partition coefficient (Wildman–Crippen LogP) is 7.09. The second-order valence-electron chi connectivity index (χ2n) is 8.93. The zero-order valence-electron chi connectivity index (χ0n) is 18.6. The number of hydrogen-bond acceptors (Lipinski definition) is 2. The molecule has 1 rings (SSSR count). The Labute approximate surface area is 164 Å². The summed E-state index contributed by atoms with van der Waals surface area (Å²) in [7, 11) is -1.87. The van der Waals surface area contributed by atoms with E-state index >= 15 is 0 Å². The predicted molar refractivity (Wildman–Crippen MR) is 116 cm³/mol. The van der Waals surface area contributed by atoms with E-state index in [1.807, 2.05) is 0 Å². The molecular formula is C23H44O2Si. The molecule has 2 unspecified atom stereocenters. The maximum absolute atomic E-state index is 6.99. The highest BCUT2D eigenvalue weighted by atomic mass is 28.4. The minimum absolute atomic E-state index is 0.104. The van der Waals surface area contributed by atoms with Gasteiger partial charge in [-0.05, 0) is 42.3 Å². The first kappa shape index (κ1) is 23.7. The van der Waals surface area contributed by atoms with Crippen LogP contribution < -0.4 is 0 Å². The second kappa shape index (κ2) is 12.2. The van der Waals surface area contributed by atoms with Gasteiger partial charge >= 0.3 is 0 Å². The van der Waals surface area contributed by atoms with Crippen LogP contribution in [0, 0.1) is 11.8 Å². The molecule has 0 spiro atoms. The van der Waals surface area contributed by atoms with Gasteiger partial charge in [0.25, 0.3) is 0 Å². The molecule has 2 nitrogen and oxygen atoms in total. The van der Waals surface area contributed by atoms with Crippen LogP contribution >= 0.6 is 0 Å². The number of rotatable bonds is 11. The van der Waals surface area contributed by atoms with E-state index in [-0.39, 0.29) is 6.10 Å². The Bertz CT molecular complexity index is 405. The molecular weight excluding hydrogens is 336 g/mol. The monoisotopic (exact) mass is 380 g/mol. The minimum atomic E-state index is -1.87. The van der Waals surface area contributed by atoms with E-state index in [1.165, 1.54) is 38.5 Å². The van der Waals surface area contributed by atoms with Gasteiger partial charge in [-0.25, -0.2) is 0 Å². The standard InChI is InChI=1S/C23H44O2Si/c1-8-9-10-11-14-23(16-12-15-22-17-13-18-24-22)25-26(19(2)3,20(4)5)21(6)7/h19-23H,8-11,13-15,17-18H2,1-7H3. The zero-order chi connectivity index (χ0) is 19.6. The van der Waals surface area contributed by atoms with Crippen molar-refractivity contribution in [1.82, 2.24) is 0 Å². The molecule has 1 saturated heterocycles. The number of hydrogen-bond donors (Lipinski definition) is 0. The van der Waals surface area contributed by atoms with Gasteiger partial charge in [-0.2, -0.15) is 0 Å². The van der Waals surface area contributed by atoms with Gasteiger partial charge in [0.15, 0.2) is 0 Å². The molecule has 0 radical (unpaired) electrons. The zero-order valence-corrected chi connectivity index (χ0v) is 19.6. The molecule has 0 N–H and O–H groups in total. The summed E-state index contributed by atoms with van der Waals surface area (Å²) in [6, 6.07) is 0. The molecule has 0 aromatic heterocycles. The average molecular weight is 381 g/mol. The van der Waals surface area contributed by atoms with Crippen molar-refractivity contribution in [2.45, 2.75) is 129 Å². The molecule has 0 bridgehead atoms. The Morgan fingerprint density at radius 1 is 1.00 bits per heavy atom. The molecule has 1 aliphatic rings. The molecule has 0 aromatic carbocycles. The van der Waals surface area contributed by atoms with Gasteiger partial charge in [0.05, 0.1) is 6.10 Å². The van der Waals surface area contributed by atoms with E-state index in [4.69, 9.17) is 9.16 Å². The third-order valence-corrected chi connectivity index (χ3v) is 12.1. The largest absolute Gasteiger partial charge is 0.402 e. The summed E-state index contributed by atoms with van der Waals surface area (Å²) in [6.07, 6.45) is 9.88. The molecule has 1 heterocycles. The summed E-state index contributed by atoms with van der Waals surface area (Å²) in [5, 5.41) is 0. The quantitative estimate of drug-likeness (QED) is 0.216. The van der Waals surface area contributed by atoms with E-state index in [0.717, 1.165) is 19.4 Å². The lowest BCUT2D eigenvalue weighted by atomic mass is 10.1. The lowest BCUT2D eigenvalue weighted by Crippen LogP contribution is -2.50. The molecule has 1 fully saturated rings. The second-order valence-corrected chi connectivity index (χ2v) is 14.3. The normalized spacial score (nSPS) is 19.2. The van der Waals surface area contributed by atoms with Gasteiger partial charge in [0.1, 0.15) is 6.10 Å². The highest BCUT2D eigenvalue weighted by Gasteiger charge is 2.46.